The number of hydrogen-bond acceptors (Lipinski definition) is 5. The topological polar surface area (TPSA) is 93.0 Å². The van der Waals surface area contributed by atoms with Crippen molar-refractivity contribution in [1.82, 2.24) is 30.0 Å². The second-order valence-electron chi connectivity index (χ2n) is 6.73. The molecule has 0 aliphatic carbocycles. The van der Waals surface area contributed by atoms with Gasteiger partial charge in [0.25, 0.3) is 5.91 Å². The zero-order chi connectivity index (χ0) is 19.7. The van der Waals surface area contributed by atoms with Gasteiger partial charge < -0.3 is 10.2 Å². The molecule has 0 saturated carbocycles. The number of rotatable bonds is 5. The van der Waals surface area contributed by atoms with Crippen LogP contribution in [0.2, 0.25) is 0 Å². The molecule has 8 nitrogen and oxygen atoms in total. The zero-order valence-electron chi connectivity index (χ0n) is 15.7. The van der Waals surface area contributed by atoms with Gasteiger partial charge in [0.15, 0.2) is 0 Å². The van der Waals surface area contributed by atoms with Crippen LogP contribution in [0.4, 0.5) is 0 Å². The Kier molecular flexibility index (Phi) is 4.60. The van der Waals surface area contributed by atoms with E-state index in [1.54, 1.807) is 35.1 Å². The van der Waals surface area contributed by atoms with Crippen molar-refractivity contribution >= 4 is 11.8 Å². The fourth-order valence-corrected chi connectivity index (χ4v) is 3.25. The molecule has 1 atom stereocenters. The number of carbonyl (C=O) groups excluding carboxylic acids is 2. The summed E-state index contributed by atoms with van der Waals surface area (Å²) in [5, 5.41) is 7.00. The van der Waals surface area contributed by atoms with E-state index in [9.17, 15) is 9.59 Å². The van der Waals surface area contributed by atoms with Crippen LogP contribution in [0.1, 0.15) is 28.5 Å². The molecule has 4 rings (SSSR count). The van der Waals surface area contributed by atoms with Crippen LogP contribution < -0.4 is 5.32 Å². The number of nitrogens with one attached hydrogen (secondary N) is 1. The maximum atomic E-state index is 12.9. The number of fused-ring (bicyclic) bond motifs is 1. The molecule has 3 aromatic rings. The van der Waals surface area contributed by atoms with E-state index in [1.807, 2.05) is 37.4 Å². The Balaban J connectivity index is 1.48. The Morgan fingerprint density at radius 1 is 1.25 bits per heavy atom. The van der Waals surface area contributed by atoms with E-state index in [-0.39, 0.29) is 11.8 Å². The predicted octanol–water partition coefficient (Wildman–Crippen LogP) is 1.54. The molecule has 1 N–H and O–H groups in total. The Labute approximate surface area is 162 Å². The number of pyridine rings is 2. The first kappa shape index (κ1) is 17.8. The molecule has 3 aromatic heterocycles. The third-order valence-corrected chi connectivity index (χ3v) is 4.90. The monoisotopic (exact) mass is 376 g/mol. The fraction of sp³-hybridized carbons (Fsp3) is 0.250. The maximum absolute atomic E-state index is 12.9. The lowest BCUT2D eigenvalue weighted by Gasteiger charge is -2.23. The molecule has 0 aromatic carbocycles. The molecule has 0 bridgehead atoms. The second-order valence-corrected chi connectivity index (χ2v) is 6.73. The summed E-state index contributed by atoms with van der Waals surface area (Å²) in [7, 11) is 1.83. The lowest BCUT2D eigenvalue weighted by Crippen LogP contribution is -2.45. The van der Waals surface area contributed by atoms with E-state index in [0.29, 0.717) is 24.5 Å². The van der Waals surface area contributed by atoms with Crippen LogP contribution in [0.25, 0.3) is 11.4 Å². The van der Waals surface area contributed by atoms with Gasteiger partial charge in [0.2, 0.25) is 5.91 Å². The molecule has 142 valence electrons. The number of aryl methyl sites for hydroxylation is 1. The normalized spacial score (nSPS) is 14.1. The molecule has 0 saturated heterocycles. The van der Waals surface area contributed by atoms with Crippen LogP contribution in [-0.2, 0) is 24.9 Å². The molecule has 0 fully saturated rings. The van der Waals surface area contributed by atoms with E-state index in [2.05, 4.69) is 20.4 Å². The first-order valence-corrected chi connectivity index (χ1v) is 9.00. The zero-order valence-corrected chi connectivity index (χ0v) is 15.7. The van der Waals surface area contributed by atoms with Gasteiger partial charge in [-0.2, -0.15) is 5.10 Å². The Hall–Kier alpha value is -3.55. The van der Waals surface area contributed by atoms with E-state index in [1.165, 1.54) is 0 Å². The van der Waals surface area contributed by atoms with Crippen molar-refractivity contribution in [3.05, 3.63) is 65.7 Å². The molecule has 8 heteroatoms. The van der Waals surface area contributed by atoms with Gasteiger partial charge in [0, 0.05) is 44.3 Å². The Morgan fingerprint density at radius 3 is 2.82 bits per heavy atom. The minimum Gasteiger partial charge on any atom is -0.350 e. The number of aromatic nitrogens is 4. The van der Waals surface area contributed by atoms with E-state index >= 15 is 0 Å². The largest absolute Gasteiger partial charge is 0.350 e. The van der Waals surface area contributed by atoms with Crippen molar-refractivity contribution in [2.24, 2.45) is 7.05 Å². The summed E-state index contributed by atoms with van der Waals surface area (Å²) in [5.74, 6) is -0.445. The van der Waals surface area contributed by atoms with Crippen LogP contribution in [-0.4, -0.2) is 42.5 Å². The summed E-state index contributed by atoms with van der Waals surface area (Å²) < 4.78 is 1.71. The van der Waals surface area contributed by atoms with E-state index in [0.717, 1.165) is 16.8 Å². The third kappa shape index (κ3) is 3.24. The minimum atomic E-state index is -0.599. The van der Waals surface area contributed by atoms with E-state index < -0.39 is 6.04 Å². The average molecular weight is 376 g/mol. The highest BCUT2D eigenvalue weighted by Crippen LogP contribution is 2.26. The van der Waals surface area contributed by atoms with Crippen molar-refractivity contribution in [2.75, 3.05) is 0 Å². The van der Waals surface area contributed by atoms with Gasteiger partial charge in [-0.3, -0.25) is 19.3 Å². The van der Waals surface area contributed by atoms with Gasteiger partial charge in [0.1, 0.15) is 11.7 Å². The lowest BCUT2D eigenvalue weighted by atomic mass is 10.2. The molecular formula is C20H20N6O2. The van der Waals surface area contributed by atoms with Gasteiger partial charge in [-0.05, 0) is 30.7 Å². The fourth-order valence-electron chi connectivity index (χ4n) is 3.25. The molecule has 4 heterocycles. The van der Waals surface area contributed by atoms with E-state index in [4.69, 9.17) is 0 Å². The molecule has 0 radical (unpaired) electrons. The van der Waals surface area contributed by atoms with Crippen LogP contribution in [0.5, 0.6) is 0 Å². The number of hydrogen-bond donors (Lipinski definition) is 1. The summed E-state index contributed by atoms with van der Waals surface area (Å²) in [4.78, 5) is 35.5. The molecule has 28 heavy (non-hydrogen) atoms. The highest BCUT2D eigenvalue weighted by atomic mass is 16.2. The van der Waals surface area contributed by atoms with Gasteiger partial charge in [-0.25, -0.2) is 4.98 Å². The standard InChI is InChI=1S/C20H20N6O2/c1-13(19(27)22-11-14-4-3-8-21-10-14)26-12-15-5-6-16(24-18(15)20(26)28)17-7-9-23-25(17)2/h3-10,13H,11-12H2,1-2H3,(H,22,27)/t13-/m1/s1. The van der Waals surface area contributed by atoms with Gasteiger partial charge in [-0.15, -0.1) is 0 Å². The number of nitrogens with zero attached hydrogens (tertiary/aromatic N) is 5. The van der Waals surface area contributed by atoms with Gasteiger partial charge in [0.05, 0.1) is 11.4 Å². The molecular weight excluding hydrogens is 356 g/mol. The summed E-state index contributed by atoms with van der Waals surface area (Å²) in [6.45, 7) is 2.47. The molecule has 0 unspecified atom stereocenters. The third-order valence-electron chi connectivity index (χ3n) is 4.90. The van der Waals surface area contributed by atoms with Crippen molar-refractivity contribution < 1.29 is 9.59 Å². The summed E-state index contributed by atoms with van der Waals surface area (Å²) >= 11 is 0. The summed E-state index contributed by atoms with van der Waals surface area (Å²) in [6.07, 6.45) is 5.07. The van der Waals surface area contributed by atoms with Crippen LogP contribution in [0, 0.1) is 0 Å². The molecule has 0 spiro atoms. The lowest BCUT2D eigenvalue weighted by molar-refractivity contribution is -0.125. The van der Waals surface area contributed by atoms with Crippen LogP contribution in [0.15, 0.2) is 48.9 Å². The highest BCUT2D eigenvalue weighted by Gasteiger charge is 2.35. The Bertz CT molecular complexity index is 1030. The Morgan fingerprint density at radius 2 is 2.11 bits per heavy atom. The van der Waals surface area contributed by atoms with Crippen molar-refractivity contribution in [1.29, 1.82) is 0 Å². The smallest absolute Gasteiger partial charge is 0.273 e. The maximum Gasteiger partial charge on any atom is 0.273 e. The second kappa shape index (κ2) is 7.22. The SMILES string of the molecule is C[C@H](C(=O)NCc1cccnc1)N1Cc2ccc(-c3ccnn3C)nc2C1=O. The first-order valence-electron chi connectivity index (χ1n) is 9.00. The highest BCUT2D eigenvalue weighted by molar-refractivity contribution is 5.99. The van der Waals surface area contributed by atoms with Gasteiger partial charge in [-0.1, -0.05) is 12.1 Å². The molecule has 1 aliphatic heterocycles. The van der Waals surface area contributed by atoms with Crippen molar-refractivity contribution in [3.8, 4) is 11.4 Å². The quantitative estimate of drug-likeness (QED) is 0.729. The van der Waals surface area contributed by atoms with Crippen molar-refractivity contribution in [2.45, 2.75) is 26.1 Å². The minimum absolute atomic E-state index is 0.211. The van der Waals surface area contributed by atoms with Crippen LogP contribution in [0.3, 0.4) is 0 Å². The average Bonchev–Trinajstić information content (AvgIpc) is 3.29. The van der Waals surface area contributed by atoms with Gasteiger partial charge >= 0.3 is 0 Å². The molecule has 2 amide bonds. The summed E-state index contributed by atoms with van der Waals surface area (Å²) in [6, 6.07) is 8.72. The number of carbonyl (C=O) groups is 2. The molecule has 1 aliphatic rings. The van der Waals surface area contributed by atoms with Crippen molar-refractivity contribution in [3.63, 3.8) is 0 Å². The predicted molar refractivity (Wildman–Crippen MR) is 102 cm³/mol. The first-order chi connectivity index (χ1) is 13.5. The summed E-state index contributed by atoms with van der Waals surface area (Å²) in [5.41, 5.74) is 3.63. The number of amides is 2. The van der Waals surface area contributed by atoms with Crippen LogP contribution >= 0.6 is 0 Å².